The lowest BCUT2D eigenvalue weighted by molar-refractivity contribution is -0.146. The number of halogens is 3. The van der Waals surface area contributed by atoms with Crippen molar-refractivity contribution in [1.82, 2.24) is 0 Å². The van der Waals surface area contributed by atoms with Crippen LogP contribution in [0.25, 0.3) is 0 Å². The fourth-order valence-electron chi connectivity index (χ4n) is 1.23. The van der Waals surface area contributed by atoms with Crippen molar-refractivity contribution in [3.8, 4) is 0 Å². The number of alkyl halides is 3. The molecule has 1 aromatic carbocycles. The smallest absolute Gasteiger partial charge is 0.391 e. The second-order valence-corrected chi connectivity index (χ2v) is 3.55. The van der Waals surface area contributed by atoms with Gasteiger partial charge in [0, 0.05) is 5.69 Å². The van der Waals surface area contributed by atoms with Crippen molar-refractivity contribution in [2.24, 2.45) is 0 Å². The van der Waals surface area contributed by atoms with E-state index in [9.17, 15) is 13.2 Å². The Balaban J connectivity index is 2.41. The summed E-state index contributed by atoms with van der Waals surface area (Å²) < 4.78 is 40.4. The molecule has 2 N–H and O–H groups in total. The average molecular weight is 233 g/mol. The van der Waals surface area contributed by atoms with Gasteiger partial charge in [0.15, 0.2) is 0 Å². The van der Waals surface area contributed by atoms with E-state index < -0.39 is 12.6 Å². The minimum Gasteiger partial charge on any atom is -0.399 e. The molecule has 1 rings (SSSR count). The van der Waals surface area contributed by atoms with Crippen molar-refractivity contribution < 1.29 is 17.9 Å². The van der Waals surface area contributed by atoms with Crippen LogP contribution >= 0.6 is 0 Å². The fraction of sp³-hybridized carbons (Fsp3) is 0.455. The number of anilines is 1. The lowest BCUT2D eigenvalue weighted by Gasteiger charge is -2.10. The third-order valence-electron chi connectivity index (χ3n) is 2.28. The van der Waals surface area contributed by atoms with Gasteiger partial charge in [-0.15, -0.1) is 0 Å². The zero-order chi connectivity index (χ0) is 12.2. The fourth-order valence-corrected chi connectivity index (χ4v) is 1.23. The summed E-state index contributed by atoms with van der Waals surface area (Å²) in [5.41, 5.74) is 7.96. The molecule has 0 radical (unpaired) electrons. The van der Waals surface area contributed by atoms with Crippen LogP contribution in [0.1, 0.15) is 17.5 Å². The van der Waals surface area contributed by atoms with Gasteiger partial charge in [-0.1, -0.05) is 12.1 Å². The van der Waals surface area contributed by atoms with Crippen LogP contribution < -0.4 is 5.73 Å². The summed E-state index contributed by atoms with van der Waals surface area (Å²) in [6.07, 6.45) is -5.08. The molecule has 0 aliphatic carbocycles. The molecule has 0 atom stereocenters. The molecule has 0 aliphatic heterocycles. The van der Waals surface area contributed by atoms with Gasteiger partial charge in [0.2, 0.25) is 0 Å². The van der Waals surface area contributed by atoms with Crippen LogP contribution in [0, 0.1) is 6.92 Å². The van der Waals surface area contributed by atoms with Gasteiger partial charge in [-0.05, 0) is 24.1 Å². The number of benzene rings is 1. The van der Waals surface area contributed by atoms with E-state index >= 15 is 0 Å². The highest BCUT2D eigenvalue weighted by Gasteiger charge is 2.26. The molecular weight excluding hydrogens is 219 g/mol. The summed E-state index contributed by atoms with van der Waals surface area (Å²) in [4.78, 5) is 0. The first-order valence-corrected chi connectivity index (χ1v) is 4.88. The molecule has 0 fully saturated rings. The predicted molar refractivity (Wildman–Crippen MR) is 55.9 cm³/mol. The van der Waals surface area contributed by atoms with Crippen LogP contribution in [-0.4, -0.2) is 12.8 Å². The molecule has 0 amide bonds. The molecule has 0 saturated carbocycles. The zero-order valence-corrected chi connectivity index (χ0v) is 8.97. The summed E-state index contributed by atoms with van der Waals surface area (Å²) in [5.74, 6) is 0. The van der Waals surface area contributed by atoms with Gasteiger partial charge in [-0.2, -0.15) is 13.2 Å². The van der Waals surface area contributed by atoms with Crippen LogP contribution in [0.15, 0.2) is 18.2 Å². The molecule has 0 saturated heterocycles. The van der Waals surface area contributed by atoms with Gasteiger partial charge in [-0.25, -0.2) is 0 Å². The largest absolute Gasteiger partial charge is 0.399 e. The quantitative estimate of drug-likeness (QED) is 0.640. The first kappa shape index (κ1) is 12.8. The minimum absolute atomic E-state index is 0.160. The Bertz CT molecular complexity index is 350. The highest BCUT2D eigenvalue weighted by atomic mass is 19.4. The van der Waals surface area contributed by atoms with Crippen molar-refractivity contribution in [2.45, 2.75) is 26.1 Å². The Morgan fingerprint density at radius 3 is 2.62 bits per heavy atom. The van der Waals surface area contributed by atoms with Crippen molar-refractivity contribution in [3.05, 3.63) is 29.3 Å². The monoisotopic (exact) mass is 233 g/mol. The van der Waals surface area contributed by atoms with E-state index in [1.54, 1.807) is 18.2 Å². The molecule has 0 bridgehead atoms. The molecule has 0 unspecified atom stereocenters. The van der Waals surface area contributed by atoms with Crippen molar-refractivity contribution >= 4 is 5.69 Å². The number of rotatable bonds is 4. The highest BCUT2D eigenvalue weighted by Crippen LogP contribution is 2.20. The molecular formula is C11H14F3NO. The van der Waals surface area contributed by atoms with Crippen LogP contribution in [-0.2, 0) is 11.3 Å². The number of nitrogen functional groups attached to an aromatic ring is 1. The topological polar surface area (TPSA) is 35.2 Å². The van der Waals surface area contributed by atoms with E-state index in [4.69, 9.17) is 10.5 Å². The Morgan fingerprint density at radius 1 is 1.31 bits per heavy atom. The molecule has 0 aliphatic rings. The van der Waals surface area contributed by atoms with Gasteiger partial charge in [-0.3, -0.25) is 0 Å². The highest BCUT2D eigenvalue weighted by molar-refractivity contribution is 5.49. The van der Waals surface area contributed by atoms with Gasteiger partial charge < -0.3 is 10.5 Å². The van der Waals surface area contributed by atoms with Crippen molar-refractivity contribution in [3.63, 3.8) is 0 Å². The SMILES string of the molecule is Cc1c(N)cccc1COCCC(F)(F)F. The first-order valence-electron chi connectivity index (χ1n) is 4.88. The molecule has 16 heavy (non-hydrogen) atoms. The number of ether oxygens (including phenoxy) is 1. The lowest BCUT2D eigenvalue weighted by atomic mass is 10.1. The molecule has 5 heteroatoms. The van der Waals surface area contributed by atoms with Gasteiger partial charge in [0.05, 0.1) is 19.6 Å². The van der Waals surface area contributed by atoms with E-state index in [0.29, 0.717) is 5.69 Å². The summed E-state index contributed by atoms with van der Waals surface area (Å²) in [6, 6.07) is 5.29. The zero-order valence-electron chi connectivity index (χ0n) is 8.97. The average Bonchev–Trinajstić information content (AvgIpc) is 2.17. The number of nitrogens with two attached hydrogens (primary N) is 1. The van der Waals surface area contributed by atoms with Gasteiger partial charge in [0.25, 0.3) is 0 Å². The minimum atomic E-state index is -4.16. The van der Waals surface area contributed by atoms with Crippen molar-refractivity contribution in [1.29, 1.82) is 0 Å². The molecule has 0 aromatic heterocycles. The molecule has 1 aromatic rings. The number of hydrogen-bond donors (Lipinski definition) is 1. The summed E-state index contributed by atoms with van der Waals surface area (Å²) in [5, 5.41) is 0. The molecule has 90 valence electrons. The molecule has 0 heterocycles. The lowest BCUT2D eigenvalue weighted by Crippen LogP contribution is -2.11. The van der Waals surface area contributed by atoms with E-state index in [2.05, 4.69) is 0 Å². The van der Waals surface area contributed by atoms with Gasteiger partial charge >= 0.3 is 6.18 Å². The van der Waals surface area contributed by atoms with Crippen LogP contribution in [0.5, 0.6) is 0 Å². The maximum absolute atomic E-state index is 11.8. The van der Waals surface area contributed by atoms with E-state index in [1.165, 1.54) is 0 Å². The first-order chi connectivity index (χ1) is 7.40. The van der Waals surface area contributed by atoms with Crippen molar-refractivity contribution in [2.75, 3.05) is 12.3 Å². The van der Waals surface area contributed by atoms with Crippen LogP contribution in [0.3, 0.4) is 0 Å². The second-order valence-electron chi connectivity index (χ2n) is 3.55. The Kier molecular flexibility index (Phi) is 4.18. The summed E-state index contributed by atoms with van der Waals surface area (Å²) in [7, 11) is 0. The number of hydrogen-bond acceptors (Lipinski definition) is 2. The van der Waals surface area contributed by atoms with E-state index in [0.717, 1.165) is 11.1 Å². The van der Waals surface area contributed by atoms with Crippen LogP contribution in [0.4, 0.5) is 18.9 Å². The Morgan fingerprint density at radius 2 is 2.00 bits per heavy atom. The third kappa shape index (κ3) is 4.10. The third-order valence-corrected chi connectivity index (χ3v) is 2.28. The predicted octanol–water partition coefficient (Wildman–Crippen LogP) is 3.05. The maximum Gasteiger partial charge on any atom is 0.391 e. The van der Waals surface area contributed by atoms with Gasteiger partial charge in [0.1, 0.15) is 0 Å². The normalized spacial score (nSPS) is 11.8. The Hall–Kier alpha value is -1.23. The Labute approximate surface area is 92.2 Å². The standard InChI is InChI=1S/C11H14F3NO/c1-8-9(3-2-4-10(8)15)7-16-6-5-11(12,13)14/h2-4H,5-7,15H2,1H3. The van der Waals surface area contributed by atoms with E-state index in [1.807, 2.05) is 6.92 Å². The molecule has 0 spiro atoms. The maximum atomic E-state index is 11.8. The van der Waals surface area contributed by atoms with Crippen LogP contribution in [0.2, 0.25) is 0 Å². The summed E-state index contributed by atoms with van der Waals surface area (Å²) in [6.45, 7) is 1.66. The van der Waals surface area contributed by atoms with E-state index in [-0.39, 0.29) is 13.2 Å². The molecule has 2 nitrogen and oxygen atoms in total. The second kappa shape index (κ2) is 5.21. The summed E-state index contributed by atoms with van der Waals surface area (Å²) >= 11 is 0.